The van der Waals surface area contributed by atoms with Crippen molar-refractivity contribution in [3.8, 4) is 0 Å². The minimum absolute atomic E-state index is 0.366. The van der Waals surface area contributed by atoms with Crippen molar-refractivity contribution >= 4 is 11.3 Å². The van der Waals surface area contributed by atoms with Gasteiger partial charge in [-0.2, -0.15) is 0 Å². The summed E-state index contributed by atoms with van der Waals surface area (Å²) in [6, 6.07) is 2.01. The lowest BCUT2D eigenvalue weighted by Crippen LogP contribution is -2.27. The fourth-order valence-electron chi connectivity index (χ4n) is 1.29. The van der Waals surface area contributed by atoms with Gasteiger partial charge in [0, 0.05) is 11.5 Å². The van der Waals surface area contributed by atoms with Crippen molar-refractivity contribution in [3.63, 3.8) is 0 Å². The number of aryl methyl sites for hydroxylation is 1. The second kappa shape index (κ2) is 4.22. The summed E-state index contributed by atoms with van der Waals surface area (Å²) < 4.78 is 5.23. The Morgan fingerprint density at radius 3 is 2.77 bits per heavy atom. The van der Waals surface area contributed by atoms with E-state index >= 15 is 0 Å². The lowest BCUT2D eigenvalue weighted by molar-refractivity contribution is -0.0322. The second-order valence-corrected chi connectivity index (χ2v) is 4.26. The maximum atomic E-state index is 10.1. The normalized spacial score (nSPS) is 15.7. The molecule has 0 saturated heterocycles. The van der Waals surface area contributed by atoms with E-state index in [-0.39, 0.29) is 0 Å². The Kier molecular flexibility index (Phi) is 3.47. The number of hydrogen-bond acceptors (Lipinski definition) is 3. The molecule has 0 aliphatic heterocycles. The molecule has 0 aromatic carbocycles. The SMILES string of the molecule is CCOCC(C)(O)c1sccc1C. The van der Waals surface area contributed by atoms with Crippen molar-refractivity contribution in [1.82, 2.24) is 0 Å². The van der Waals surface area contributed by atoms with Gasteiger partial charge in [-0.1, -0.05) is 0 Å². The van der Waals surface area contributed by atoms with Crippen LogP contribution in [-0.4, -0.2) is 18.3 Å². The zero-order valence-electron chi connectivity index (χ0n) is 8.33. The van der Waals surface area contributed by atoms with Crippen LogP contribution in [0.4, 0.5) is 0 Å². The second-order valence-electron chi connectivity index (χ2n) is 3.34. The van der Waals surface area contributed by atoms with Crippen molar-refractivity contribution in [2.24, 2.45) is 0 Å². The third-order valence-corrected chi connectivity index (χ3v) is 3.21. The smallest absolute Gasteiger partial charge is 0.119 e. The standard InChI is InChI=1S/C10H16O2S/c1-4-12-7-10(3,11)9-8(2)5-6-13-9/h5-6,11H,4,7H2,1-3H3. The van der Waals surface area contributed by atoms with E-state index in [4.69, 9.17) is 4.74 Å². The van der Waals surface area contributed by atoms with Crippen molar-refractivity contribution in [3.05, 3.63) is 21.9 Å². The highest BCUT2D eigenvalue weighted by atomic mass is 32.1. The topological polar surface area (TPSA) is 29.5 Å². The molecule has 0 spiro atoms. The molecule has 1 rings (SSSR count). The quantitative estimate of drug-likeness (QED) is 0.808. The van der Waals surface area contributed by atoms with Crippen LogP contribution in [0, 0.1) is 6.92 Å². The highest BCUT2D eigenvalue weighted by molar-refractivity contribution is 7.10. The third kappa shape index (κ3) is 2.53. The average molecular weight is 200 g/mol. The summed E-state index contributed by atoms with van der Waals surface area (Å²) in [5, 5.41) is 12.1. The van der Waals surface area contributed by atoms with E-state index < -0.39 is 5.60 Å². The monoisotopic (exact) mass is 200 g/mol. The summed E-state index contributed by atoms with van der Waals surface area (Å²) >= 11 is 1.58. The maximum absolute atomic E-state index is 10.1. The lowest BCUT2D eigenvalue weighted by atomic mass is 10.0. The predicted octanol–water partition coefficient (Wildman–Crippen LogP) is 2.30. The van der Waals surface area contributed by atoms with E-state index in [1.807, 2.05) is 25.3 Å². The Bertz CT molecular complexity index is 266. The Hall–Kier alpha value is -0.380. The molecule has 0 amide bonds. The van der Waals surface area contributed by atoms with Crippen molar-refractivity contribution in [2.45, 2.75) is 26.4 Å². The number of hydrogen-bond donors (Lipinski definition) is 1. The first-order valence-electron chi connectivity index (χ1n) is 4.42. The summed E-state index contributed by atoms with van der Waals surface area (Å²) in [4.78, 5) is 1.00. The summed E-state index contributed by atoms with van der Waals surface area (Å²) in [6.45, 7) is 6.73. The maximum Gasteiger partial charge on any atom is 0.119 e. The molecule has 0 bridgehead atoms. The molecule has 0 saturated carbocycles. The predicted molar refractivity (Wildman–Crippen MR) is 55.1 cm³/mol. The van der Waals surface area contributed by atoms with Crippen LogP contribution in [0.15, 0.2) is 11.4 Å². The molecule has 0 aliphatic rings. The Labute approximate surface area is 83.2 Å². The van der Waals surface area contributed by atoms with Gasteiger partial charge in [-0.05, 0) is 37.8 Å². The van der Waals surface area contributed by atoms with Crippen molar-refractivity contribution < 1.29 is 9.84 Å². The van der Waals surface area contributed by atoms with Gasteiger partial charge in [-0.25, -0.2) is 0 Å². The van der Waals surface area contributed by atoms with E-state index in [0.717, 1.165) is 10.4 Å². The van der Waals surface area contributed by atoms with Gasteiger partial charge in [0.25, 0.3) is 0 Å². The van der Waals surface area contributed by atoms with E-state index in [2.05, 4.69) is 0 Å². The number of thiophene rings is 1. The summed E-state index contributed by atoms with van der Waals surface area (Å²) in [5.74, 6) is 0. The Morgan fingerprint density at radius 2 is 2.31 bits per heavy atom. The molecular weight excluding hydrogens is 184 g/mol. The summed E-state index contributed by atoms with van der Waals surface area (Å²) in [7, 11) is 0. The number of rotatable bonds is 4. The van der Waals surface area contributed by atoms with Crippen molar-refractivity contribution in [2.75, 3.05) is 13.2 Å². The zero-order chi connectivity index (χ0) is 9.90. The van der Waals surface area contributed by atoms with E-state index in [0.29, 0.717) is 13.2 Å². The molecule has 0 aliphatic carbocycles. The van der Waals surface area contributed by atoms with Crippen LogP contribution in [0.2, 0.25) is 0 Å². The number of aliphatic hydroxyl groups is 1. The van der Waals surface area contributed by atoms with Gasteiger partial charge in [0.1, 0.15) is 5.60 Å². The first-order valence-corrected chi connectivity index (χ1v) is 5.30. The van der Waals surface area contributed by atoms with Gasteiger partial charge >= 0.3 is 0 Å². The van der Waals surface area contributed by atoms with Gasteiger partial charge in [-0.3, -0.25) is 0 Å². The summed E-state index contributed by atoms with van der Waals surface area (Å²) in [6.07, 6.45) is 0. The minimum Gasteiger partial charge on any atom is -0.382 e. The molecule has 1 aromatic rings. The van der Waals surface area contributed by atoms with Crippen LogP contribution in [0.3, 0.4) is 0 Å². The largest absolute Gasteiger partial charge is 0.382 e. The van der Waals surface area contributed by atoms with Crippen LogP contribution in [0.25, 0.3) is 0 Å². The van der Waals surface area contributed by atoms with Crippen LogP contribution >= 0.6 is 11.3 Å². The summed E-state index contributed by atoms with van der Waals surface area (Å²) in [5.41, 5.74) is 0.295. The molecule has 3 heteroatoms. The van der Waals surface area contributed by atoms with Crippen LogP contribution in [0.1, 0.15) is 24.3 Å². The highest BCUT2D eigenvalue weighted by Crippen LogP contribution is 2.29. The van der Waals surface area contributed by atoms with Gasteiger partial charge in [0.05, 0.1) is 6.61 Å². The Balaban J connectivity index is 2.74. The molecule has 0 radical (unpaired) electrons. The molecule has 1 atom stereocenters. The molecule has 74 valence electrons. The van der Waals surface area contributed by atoms with E-state index in [1.165, 1.54) is 0 Å². The molecule has 1 N–H and O–H groups in total. The van der Waals surface area contributed by atoms with Gasteiger partial charge in [0.15, 0.2) is 0 Å². The van der Waals surface area contributed by atoms with Gasteiger partial charge in [-0.15, -0.1) is 11.3 Å². The van der Waals surface area contributed by atoms with E-state index in [9.17, 15) is 5.11 Å². The zero-order valence-corrected chi connectivity index (χ0v) is 9.15. The average Bonchev–Trinajstić information content (AvgIpc) is 2.48. The molecule has 0 fully saturated rings. The molecular formula is C10H16O2S. The third-order valence-electron chi connectivity index (χ3n) is 1.94. The minimum atomic E-state index is -0.839. The first kappa shape index (κ1) is 10.7. The Morgan fingerprint density at radius 1 is 1.62 bits per heavy atom. The highest BCUT2D eigenvalue weighted by Gasteiger charge is 2.26. The van der Waals surface area contributed by atoms with Crippen LogP contribution in [0.5, 0.6) is 0 Å². The molecule has 1 aromatic heterocycles. The molecule has 1 heterocycles. The molecule has 1 unspecified atom stereocenters. The van der Waals surface area contributed by atoms with Crippen LogP contribution < -0.4 is 0 Å². The number of ether oxygens (including phenoxy) is 1. The fraction of sp³-hybridized carbons (Fsp3) is 0.600. The first-order chi connectivity index (χ1) is 6.08. The molecule has 2 nitrogen and oxygen atoms in total. The van der Waals surface area contributed by atoms with Gasteiger partial charge < -0.3 is 9.84 Å². The van der Waals surface area contributed by atoms with Crippen LogP contribution in [-0.2, 0) is 10.3 Å². The van der Waals surface area contributed by atoms with E-state index in [1.54, 1.807) is 18.3 Å². The van der Waals surface area contributed by atoms with Gasteiger partial charge in [0.2, 0.25) is 0 Å². The van der Waals surface area contributed by atoms with Crippen molar-refractivity contribution in [1.29, 1.82) is 0 Å². The fourth-order valence-corrected chi connectivity index (χ4v) is 2.27. The lowest BCUT2D eigenvalue weighted by Gasteiger charge is -2.22. The molecule has 13 heavy (non-hydrogen) atoms.